The summed E-state index contributed by atoms with van der Waals surface area (Å²) in [4.78, 5) is 12.5. The maximum absolute atomic E-state index is 12.9. The van der Waals surface area contributed by atoms with Gasteiger partial charge in [-0.3, -0.25) is 4.79 Å². The van der Waals surface area contributed by atoms with E-state index in [0.717, 1.165) is 6.20 Å². The molecule has 0 saturated carbocycles. The van der Waals surface area contributed by atoms with Crippen LogP contribution >= 0.6 is 0 Å². The number of halogens is 3. The van der Waals surface area contributed by atoms with E-state index in [2.05, 4.69) is 0 Å². The molecule has 1 N–H and O–H groups in total. The van der Waals surface area contributed by atoms with Crippen LogP contribution in [0, 0.1) is 17.1 Å². The van der Waals surface area contributed by atoms with E-state index in [4.69, 9.17) is 5.26 Å². The van der Waals surface area contributed by atoms with E-state index in [0.29, 0.717) is 0 Å². The predicted octanol–water partition coefficient (Wildman–Crippen LogP) is 1.32. The molecule has 1 aromatic heterocycles. The zero-order chi connectivity index (χ0) is 10.0. The second-order valence-electron chi connectivity index (χ2n) is 2.17. The summed E-state index contributed by atoms with van der Waals surface area (Å²) in [6.45, 7) is 0. The fourth-order valence-corrected chi connectivity index (χ4v) is 0.800. The zero-order valence-electron chi connectivity index (χ0n) is 6.14. The molecular weight excluding hydrogens is 185 g/mol. The number of nitriles is 1. The van der Waals surface area contributed by atoms with E-state index in [1.54, 1.807) is 0 Å². The molecule has 0 atom stereocenters. The summed E-state index contributed by atoms with van der Waals surface area (Å²) in [7, 11) is 0. The van der Waals surface area contributed by atoms with Crippen molar-refractivity contribution in [3.05, 3.63) is 33.5 Å². The lowest BCUT2D eigenvalue weighted by molar-refractivity contribution is 0.144. The van der Waals surface area contributed by atoms with Gasteiger partial charge in [-0.1, -0.05) is 0 Å². The molecule has 6 heteroatoms. The highest BCUT2D eigenvalue weighted by atomic mass is 19.3. The number of rotatable bonds is 1. The van der Waals surface area contributed by atoms with Gasteiger partial charge in [0, 0.05) is 6.20 Å². The number of alkyl halides is 2. The molecule has 13 heavy (non-hydrogen) atoms. The lowest BCUT2D eigenvalue weighted by Crippen LogP contribution is -2.16. The van der Waals surface area contributed by atoms with Gasteiger partial charge < -0.3 is 4.98 Å². The third kappa shape index (κ3) is 1.54. The van der Waals surface area contributed by atoms with Crippen LogP contribution in [-0.4, -0.2) is 4.98 Å². The molecule has 3 nitrogen and oxygen atoms in total. The number of nitrogens with zero attached hydrogens (tertiary/aromatic N) is 1. The number of nitrogens with one attached hydrogen (secondary N) is 1. The molecule has 0 aliphatic rings. The monoisotopic (exact) mass is 188 g/mol. The Kier molecular flexibility index (Phi) is 2.37. The van der Waals surface area contributed by atoms with Gasteiger partial charge in [-0.05, 0) is 0 Å². The molecule has 0 amide bonds. The molecular formula is C7H3F3N2O. The lowest BCUT2D eigenvalue weighted by Gasteiger charge is -2.00. The summed E-state index contributed by atoms with van der Waals surface area (Å²) in [6, 6.07) is 1.34. The summed E-state index contributed by atoms with van der Waals surface area (Å²) in [6.07, 6.45) is -2.47. The van der Waals surface area contributed by atoms with E-state index in [9.17, 15) is 18.0 Å². The molecule has 0 unspecified atom stereocenters. The quantitative estimate of drug-likeness (QED) is 0.722. The molecule has 0 radical (unpaired) electrons. The van der Waals surface area contributed by atoms with E-state index in [1.807, 2.05) is 4.98 Å². The molecule has 1 heterocycles. The topological polar surface area (TPSA) is 56.6 Å². The van der Waals surface area contributed by atoms with Crippen molar-refractivity contribution < 1.29 is 13.2 Å². The third-order valence-corrected chi connectivity index (χ3v) is 1.40. The second-order valence-corrected chi connectivity index (χ2v) is 2.17. The smallest absolute Gasteiger partial charge is 0.272 e. The molecule has 0 aliphatic heterocycles. The number of aromatic nitrogens is 1. The van der Waals surface area contributed by atoms with Crippen LogP contribution in [0.15, 0.2) is 11.0 Å². The lowest BCUT2D eigenvalue weighted by atomic mass is 10.2. The second kappa shape index (κ2) is 3.31. The van der Waals surface area contributed by atoms with Crippen LogP contribution in [0.3, 0.4) is 0 Å². The van der Waals surface area contributed by atoms with Crippen molar-refractivity contribution in [1.82, 2.24) is 4.98 Å². The van der Waals surface area contributed by atoms with Gasteiger partial charge in [-0.15, -0.1) is 0 Å². The van der Waals surface area contributed by atoms with Crippen LogP contribution in [0.1, 0.15) is 17.6 Å². The van der Waals surface area contributed by atoms with Crippen LogP contribution in [0.25, 0.3) is 0 Å². The van der Waals surface area contributed by atoms with Crippen molar-refractivity contribution in [2.24, 2.45) is 0 Å². The largest absolute Gasteiger partial charge is 0.327 e. The highest BCUT2D eigenvalue weighted by molar-refractivity contribution is 5.31. The summed E-state index contributed by atoms with van der Waals surface area (Å²) < 4.78 is 36.9. The molecule has 0 aromatic carbocycles. The summed E-state index contributed by atoms with van der Waals surface area (Å²) in [5.74, 6) is -1.46. The molecule has 0 bridgehead atoms. The molecule has 0 fully saturated rings. The average molecular weight is 188 g/mol. The van der Waals surface area contributed by atoms with Crippen LogP contribution < -0.4 is 5.56 Å². The number of H-pyrrole nitrogens is 1. The molecule has 0 aliphatic carbocycles. The normalized spacial score (nSPS) is 10.1. The fraction of sp³-hybridized carbons (Fsp3) is 0.143. The Morgan fingerprint density at radius 2 is 2.15 bits per heavy atom. The minimum atomic E-state index is -3.22. The van der Waals surface area contributed by atoms with Gasteiger partial charge >= 0.3 is 0 Å². The Morgan fingerprint density at radius 3 is 2.62 bits per heavy atom. The van der Waals surface area contributed by atoms with Gasteiger partial charge in [0.05, 0.1) is 0 Å². The Hall–Kier alpha value is -1.77. The predicted molar refractivity (Wildman–Crippen MR) is 36.7 cm³/mol. The molecule has 1 aromatic rings. The van der Waals surface area contributed by atoms with Crippen molar-refractivity contribution in [2.45, 2.75) is 6.43 Å². The van der Waals surface area contributed by atoms with Crippen molar-refractivity contribution in [3.8, 4) is 6.07 Å². The van der Waals surface area contributed by atoms with Gasteiger partial charge in [0.25, 0.3) is 12.0 Å². The summed E-state index contributed by atoms with van der Waals surface area (Å²) in [5.41, 5.74) is -3.11. The van der Waals surface area contributed by atoms with Crippen molar-refractivity contribution in [3.63, 3.8) is 0 Å². The van der Waals surface area contributed by atoms with Gasteiger partial charge in [-0.25, -0.2) is 13.2 Å². The van der Waals surface area contributed by atoms with Gasteiger partial charge in [0.15, 0.2) is 5.82 Å². The van der Waals surface area contributed by atoms with E-state index >= 15 is 0 Å². The molecule has 0 saturated heterocycles. The SMILES string of the molecule is N#Cc1c[nH]c(=O)c(C(F)F)c1F. The molecule has 1 rings (SSSR count). The highest BCUT2D eigenvalue weighted by Crippen LogP contribution is 2.19. The molecule has 68 valence electrons. The van der Waals surface area contributed by atoms with E-state index in [-0.39, 0.29) is 0 Å². The van der Waals surface area contributed by atoms with Crippen molar-refractivity contribution in [1.29, 1.82) is 5.26 Å². The van der Waals surface area contributed by atoms with E-state index in [1.165, 1.54) is 6.07 Å². The summed E-state index contributed by atoms with van der Waals surface area (Å²) in [5, 5.41) is 8.26. The van der Waals surface area contributed by atoms with Crippen LogP contribution in [0.5, 0.6) is 0 Å². The zero-order valence-corrected chi connectivity index (χ0v) is 6.14. The maximum Gasteiger partial charge on any atom is 0.272 e. The van der Waals surface area contributed by atoms with Gasteiger partial charge in [-0.2, -0.15) is 5.26 Å². The number of pyridine rings is 1. The first-order valence-electron chi connectivity index (χ1n) is 3.17. The third-order valence-electron chi connectivity index (χ3n) is 1.40. The Morgan fingerprint density at radius 1 is 1.54 bits per heavy atom. The Labute approximate surface area is 70.4 Å². The van der Waals surface area contributed by atoms with Crippen LogP contribution in [-0.2, 0) is 0 Å². The van der Waals surface area contributed by atoms with Crippen molar-refractivity contribution in [2.75, 3.05) is 0 Å². The van der Waals surface area contributed by atoms with Crippen LogP contribution in [0.4, 0.5) is 13.2 Å². The molecule has 0 spiro atoms. The number of aromatic amines is 1. The minimum absolute atomic E-state index is 0.602. The maximum atomic E-state index is 12.9. The first-order chi connectivity index (χ1) is 6.07. The van der Waals surface area contributed by atoms with Gasteiger partial charge in [0.2, 0.25) is 0 Å². The first kappa shape index (κ1) is 9.32. The first-order valence-corrected chi connectivity index (χ1v) is 3.17. The number of hydrogen-bond donors (Lipinski definition) is 1. The van der Waals surface area contributed by atoms with Crippen molar-refractivity contribution >= 4 is 0 Å². The van der Waals surface area contributed by atoms with Gasteiger partial charge in [0.1, 0.15) is 17.2 Å². The average Bonchev–Trinajstić information content (AvgIpc) is 2.04. The van der Waals surface area contributed by atoms with E-state index < -0.39 is 28.9 Å². The van der Waals surface area contributed by atoms with Crippen LogP contribution in [0.2, 0.25) is 0 Å². The fourth-order valence-electron chi connectivity index (χ4n) is 0.800. The minimum Gasteiger partial charge on any atom is -0.327 e. The Bertz CT molecular complexity index is 419. The number of hydrogen-bond acceptors (Lipinski definition) is 2. The summed E-state index contributed by atoms with van der Waals surface area (Å²) >= 11 is 0. The standard InChI is InChI=1S/C7H3F3N2O/c8-5-3(1-11)2-12-7(13)4(5)6(9)10/h2,6H,(H,12,13). The highest BCUT2D eigenvalue weighted by Gasteiger charge is 2.20. The Balaban J connectivity index is 3.50.